The van der Waals surface area contributed by atoms with E-state index in [-0.39, 0.29) is 0 Å². The first-order valence-electron chi connectivity index (χ1n) is 1.16. The van der Waals surface area contributed by atoms with Crippen molar-refractivity contribution in [3.63, 3.8) is 0 Å². The molecular formula is C3H4O2. The number of allylic oxidation sites excluding steroid dienone is 1. The predicted octanol–water partition coefficient (Wildman–Crippen LogP) is 0.257. The molecule has 0 rings (SSSR count). The van der Waals surface area contributed by atoms with E-state index in [0.717, 1.165) is 6.08 Å². The Balaban J connectivity index is 2.92. The van der Waals surface area contributed by atoms with E-state index in [4.69, 9.17) is 9.90 Å². The van der Waals surface area contributed by atoms with Crippen molar-refractivity contribution in [3.8, 4) is 0 Å². The van der Waals surface area contributed by atoms with E-state index in [1.165, 1.54) is 0 Å². The molecule has 0 fully saturated rings. The second-order valence-corrected chi connectivity index (χ2v) is 0.478. The lowest BCUT2D eigenvalue weighted by Crippen LogP contribution is -1.53. The van der Waals surface area contributed by atoms with Crippen LogP contribution in [0, 0.1) is 0 Å². The molecule has 1 N–H and O–H groups in total. The molecule has 0 aliphatic heterocycles. The van der Waals surface area contributed by atoms with Crippen molar-refractivity contribution in [2.75, 3.05) is 0 Å². The van der Waals surface area contributed by atoms with Gasteiger partial charge >= 0.3 is 0 Å². The first-order valence-corrected chi connectivity index (χ1v) is 1.16. The first kappa shape index (κ1) is 4.21. The van der Waals surface area contributed by atoms with Crippen LogP contribution in [0.25, 0.3) is 0 Å². The van der Waals surface area contributed by atoms with Gasteiger partial charge in [-0.25, -0.2) is 0 Å². The Morgan fingerprint density at radius 2 is 2.20 bits per heavy atom. The average molecular weight is 72.1 g/mol. The first-order chi connectivity index (χ1) is 2.41. The van der Waals surface area contributed by atoms with Crippen LogP contribution in [-0.2, 0) is 4.79 Å². The van der Waals surface area contributed by atoms with Gasteiger partial charge in [0.25, 0.3) is 0 Å². The summed E-state index contributed by atoms with van der Waals surface area (Å²) in [5.74, 6) is 0. The highest BCUT2D eigenvalue weighted by molar-refractivity contribution is 5.63. The van der Waals surface area contributed by atoms with Gasteiger partial charge in [0.1, 0.15) is 6.29 Å². The minimum atomic E-state index is 0.500. The smallest absolute Gasteiger partial charge is 0.145 e. The fourth-order valence-corrected chi connectivity index (χ4v) is 0.0351. The van der Waals surface area contributed by atoms with Crippen molar-refractivity contribution in [1.29, 1.82) is 0 Å². The summed E-state index contributed by atoms with van der Waals surface area (Å²) >= 11 is 0. The highest BCUT2D eigenvalue weighted by atomic mass is 16.2. The zero-order valence-corrected chi connectivity index (χ0v) is 2.59. The monoisotopic (exact) mass is 72.0 g/mol. The third kappa shape index (κ3) is 3.21. The number of hydrogen-bond acceptors (Lipinski definition) is 2. The molecule has 0 aromatic rings. The van der Waals surface area contributed by atoms with Gasteiger partial charge in [0.05, 0.1) is 6.26 Å². The molecule has 0 amide bonds. The molecule has 0 radical (unpaired) electrons. The van der Waals surface area contributed by atoms with Gasteiger partial charge in [-0.2, -0.15) is 0 Å². The summed E-state index contributed by atoms with van der Waals surface area (Å²) in [5, 5.41) is 7.65. The number of hydrogen-bond donors (Lipinski definition) is 1. The summed E-state index contributed by atoms with van der Waals surface area (Å²) in [5.41, 5.74) is 0. The van der Waals surface area contributed by atoms with Gasteiger partial charge in [0.2, 0.25) is 0 Å². The van der Waals surface area contributed by atoms with Crippen LogP contribution in [0.5, 0.6) is 0 Å². The quantitative estimate of drug-likeness (QED) is 0.274. The summed E-state index contributed by atoms with van der Waals surface area (Å²) in [6.07, 6.45) is 2.19. The van der Waals surface area contributed by atoms with Gasteiger partial charge < -0.3 is 5.11 Å². The Labute approximate surface area is 29.7 Å². The van der Waals surface area contributed by atoms with E-state index < -0.39 is 0 Å². The molecule has 0 atom stereocenters. The molecule has 5 heavy (non-hydrogen) atoms. The standard InChI is InChI=1S/C3H4O2/c4-2-1-3-5/h1-4H/b2-1+. The summed E-state index contributed by atoms with van der Waals surface area (Å²) in [7, 11) is 0. The van der Waals surface area contributed by atoms with E-state index in [1.54, 1.807) is 0 Å². The zero-order valence-electron chi connectivity index (χ0n) is 2.59. The van der Waals surface area contributed by atoms with Crippen molar-refractivity contribution in [2.45, 2.75) is 0 Å². The fourth-order valence-electron chi connectivity index (χ4n) is 0.0351. The van der Waals surface area contributed by atoms with Crippen LogP contribution in [0.2, 0.25) is 0 Å². The molecule has 2 nitrogen and oxygen atoms in total. The topological polar surface area (TPSA) is 37.3 Å². The van der Waals surface area contributed by atoms with Crippen molar-refractivity contribution in [2.24, 2.45) is 0 Å². The van der Waals surface area contributed by atoms with Crippen molar-refractivity contribution >= 4 is 6.29 Å². The molecule has 0 aromatic carbocycles. The van der Waals surface area contributed by atoms with E-state index in [9.17, 15) is 0 Å². The van der Waals surface area contributed by atoms with Crippen LogP contribution in [-0.4, -0.2) is 11.4 Å². The van der Waals surface area contributed by atoms with E-state index in [2.05, 4.69) is 0 Å². The van der Waals surface area contributed by atoms with Gasteiger partial charge in [-0.3, -0.25) is 4.79 Å². The van der Waals surface area contributed by atoms with Crippen LogP contribution in [0.15, 0.2) is 12.3 Å². The van der Waals surface area contributed by atoms with Crippen LogP contribution < -0.4 is 0 Å². The SMILES string of the molecule is O=C/C=C/O. The number of rotatable bonds is 1. The van der Waals surface area contributed by atoms with Crippen molar-refractivity contribution in [3.05, 3.63) is 12.3 Å². The van der Waals surface area contributed by atoms with Crippen LogP contribution in [0.1, 0.15) is 0 Å². The van der Waals surface area contributed by atoms with E-state index in [1.807, 2.05) is 0 Å². The summed E-state index contributed by atoms with van der Waals surface area (Å²) < 4.78 is 0. The van der Waals surface area contributed by atoms with Gasteiger partial charge in [-0.05, 0) is 0 Å². The van der Waals surface area contributed by atoms with Crippen molar-refractivity contribution in [1.82, 2.24) is 0 Å². The Bertz CT molecular complexity index is 46.9. The highest BCUT2D eigenvalue weighted by Gasteiger charge is 1.50. The predicted molar refractivity (Wildman–Crippen MR) is 17.8 cm³/mol. The number of aliphatic hydroxyl groups excluding tert-OH is 1. The van der Waals surface area contributed by atoms with Gasteiger partial charge in [0.15, 0.2) is 0 Å². The molecular weight excluding hydrogens is 68.0 g/mol. The zero-order chi connectivity index (χ0) is 4.12. The maximum Gasteiger partial charge on any atom is 0.145 e. The largest absolute Gasteiger partial charge is 0.515 e. The number of aldehydes is 1. The van der Waals surface area contributed by atoms with Crippen molar-refractivity contribution < 1.29 is 9.90 Å². The molecule has 28 valence electrons. The lowest BCUT2D eigenvalue weighted by Gasteiger charge is -1.54. The fraction of sp³-hybridized carbons (Fsp3) is 0. The van der Waals surface area contributed by atoms with Crippen LogP contribution in [0.4, 0.5) is 0 Å². The average Bonchev–Trinajstić information content (AvgIpc) is 1.41. The second-order valence-electron chi connectivity index (χ2n) is 0.478. The Kier molecular flexibility index (Phi) is 2.70. The summed E-state index contributed by atoms with van der Waals surface area (Å²) in [4.78, 5) is 9.16. The Morgan fingerprint density at radius 1 is 1.60 bits per heavy atom. The summed E-state index contributed by atoms with van der Waals surface area (Å²) in [6.45, 7) is 0. The third-order valence-electron chi connectivity index (χ3n) is 0.165. The van der Waals surface area contributed by atoms with Crippen LogP contribution >= 0.6 is 0 Å². The van der Waals surface area contributed by atoms with Gasteiger partial charge in [-0.15, -0.1) is 0 Å². The number of aliphatic hydroxyl groups is 1. The lowest BCUT2D eigenvalue weighted by molar-refractivity contribution is -0.104. The second kappa shape index (κ2) is 3.21. The Morgan fingerprint density at radius 3 is 2.20 bits per heavy atom. The van der Waals surface area contributed by atoms with Crippen LogP contribution in [0.3, 0.4) is 0 Å². The number of carbonyl (C=O) groups excluding carboxylic acids is 1. The maximum absolute atomic E-state index is 9.16. The highest BCUT2D eigenvalue weighted by Crippen LogP contribution is 1.49. The normalized spacial score (nSPS) is 8.80. The van der Waals surface area contributed by atoms with E-state index in [0.29, 0.717) is 12.5 Å². The molecule has 0 spiro atoms. The third-order valence-corrected chi connectivity index (χ3v) is 0.165. The molecule has 0 unspecified atom stereocenters. The molecule has 0 saturated carbocycles. The van der Waals surface area contributed by atoms with Gasteiger partial charge in [-0.1, -0.05) is 0 Å². The molecule has 0 aliphatic rings. The van der Waals surface area contributed by atoms with E-state index >= 15 is 0 Å². The minimum Gasteiger partial charge on any atom is -0.515 e. The molecule has 0 bridgehead atoms. The maximum atomic E-state index is 9.16. The van der Waals surface area contributed by atoms with Gasteiger partial charge in [0, 0.05) is 6.08 Å². The minimum absolute atomic E-state index is 0.500. The Hall–Kier alpha value is -0.790. The number of carbonyl (C=O) groups is 1. The molecule has 0 heterocycles. The molecule has 0 aliphatic carbocycles. The summed E-state index contributed by atoms with van der Waals surface area (Å²) in [6, 6.07) is 0. The molecule has 0 saturated heterocycles. The molecule has 2 heteroatoms. The lowest BCUT2D eigenvalue weighted by atomic mass is 10.7. The molecule has 0 aromatic heterocycles.